The van der Waals surface area contributed by atoms with Gasteiger partial charge in [0.15, 0.2) is 0 Å². The van der Waals surface area contributed by atoms with Crippen molar-refractivity contribution in [1.29, 1.82) is 0 Å². The molecule has 3 heterocycles. The van der Waals surface area contributed by atoms with E-state index >= 15 is 0 Å². The number of nitrogens with one attached hydrogen (secondary N) is 2. The summed E-state index contributed by atoms with van der Waals surface area (Å²) in [5, 5.41) is 11.4. The summed E-state index contributed by atoms with van der Waals surface area (Å²) in [7, 11) is 5.36. The van der Waals surface area contributed by atoms with Gasteiger partial charge in [0.05, 0.1) is 13.7 Å². The summed E-state index contributed by atoms with van der Waals surface area (Å²) in [6, 6.07) is 3.99. The molecule has 1 aliphatic rings. The first-order chi connectivity index (χ1) is 15.0. The third-order valence-electron chi connectivity index (χ3n) is 5.31. The van der Waals surface area contributed by atoms with Gasteiger partial charge in [-0.1, -0.05) is 0 Å². The Hall–Kier alpha value is -3.40. The summed E-state index contributed by atoms with van der Waals surface area (Å²) in [6.07, 6.45) is 4.41. The second kappa shape index (κ2) is 8.76. The van der Waals surface area contributed by atoms with Gasteiger partial charge < -0.3 is 25.0 Å². The smallest absolute Gasteiger partial charge is 0.262 e. The van der Waals surface area contributed by atoms with E-state index in [2.05, 4.69) is 30.6 Å². The van der Waals surface area contributed by atoms with Crippen molar-refractivity contribution in [3.63, 3.8) is 0 Å². The predicted octanol–water partition coefficient (Wildman–Crippen LogP) is 1.82. The molecule has 1 amide bonds. The van der Waals surface area contributed by atoms with Crippen LogP contribution in [0.3, 0.4) is 0 Å². The Labute approximate surface area is 180 Å². The van der Waals surface area contributed by atoms with Crippen LogP contribution in [0.25, 0.3) is 10.9 Å². The molecule has 2 N–H and O–H groups in total. The molecule has 1 unspecified atom stereocenters. The lowest BCUT2D eigenvalue weighted by Gasteiger charge is -2.18. The number of aryl methyl sites for hydroxylation is 1. The monoisotopic (exact) mass is 425 g/mol. The van der Waals surface area contributed by atoms with Crippen LogP contribution in [0.1, 0.15) is 23.7 Å². The molecule has 31 heavy (non-hydrogen) atoms. The van der Waals surface area contributed by atoms with Crippen LogP contribution in [0.5, 0.6) is 11.6 Å². The zero-order chi connectivity index (χ0) is 22.0. The highest BCUT2D eigenvalue weighted by Crippen LogP contribution is 2.29. The molecule has 1 fully saturated rings. The van der Waals surface area contributed by atoms with E-state index in [1.807, 2.05) is 33.3 Å². The number of carbonyl (C=O) groups is 1. The minimum atomic E-state index is -0.352. The molecule has 10 heteroatoms. The van der Waals surface area contributed by atoms with E-state index in [-0.39, 0.29) is 17.4 Å². The van der Waals surface area contributed by atoms with E-state index < -0.39 is 0 Å². The number of likely N-dealkylation sites (N-methyl/N-ethyl adjacent to an activating group) is 1. The lowest BCUT2D eigenvalue weighted by Crippen LogP contribution is -2.30. The maximum atomic E-state index is 13.0. The van der Waals surface area contributed by atoms with Crippen LogP contribution in [0.15, 0.2) is 24.5 Å². The van der Waals surface area contributed by atoms with Gasteiger partial charge in [-0.2, -0.15) is 10.1 Å². The highest BCUT2D eigenvalue weighted by atomic mass is 16.5. The minimum absolute atomic E-state index is 0.271. The van der Waals surface area contributed by atoms with Gasteiger partial charge in [-0.25, -0.2) is 4.98 Å². The van der Waals surface area contributed by atoms with Crippen molar-refractivity contribution >= 4 is 28.4 Å². The molecule has 1 atom stereocenters. The zero-order valence-corrected chi connectivity index (χ0v) is 18.2. The number of benzene rings is 1. The summed E-state index contributed by atoms with van der Waals surface area (Å²) in [5.74, 6) is 1.07. The molecule has 0 radical (unpaired) electrons. The molecule has 0 saturated carbocycles. The fraction of sp³-hybridized carbons (Fsp3) is 0.429. The van der Waals surface area contributed by atoms with E-state index in [9.17, 15) is 4.79 Å². The maximum absolute atomic E-state index is 13.0. The van der Waals surface area contributed by atoms with Gasteiger partial charge in [0, 0.05) is 55.7 Å². The van der Waals surface area contributed by atoms with E-state index in [0.29, 0.717) is 30.0 Å². The first-order valence-corrected chi connectivity index (χ1v) is 10.3. The van der Waals surface area contributed by atoms with Crippen molar-refractivity contribution in [1.82, 2.24) is 25.1 Å². The lowest BCUT2D eigenvalue weighted by atomic mass is 10.2. The highest BCUT2D eigenvalue weighted by Gasteiger charge is 2.25. The Morgan fingerprint density at radius 3 is 2.90 bits per heavy atom. The quantitative estimate of drug-likeness (QED) is 0.590. The Balaban J connectivity index is 1.60. The number of amides is 1. The summed E-state index contributed by atoms with van der Waals surface area (Å²) >= 11 is 0. The van der Waals surface area contributed by atoms with Crippen molar-refractivity contribution in [3.8, 4) is 11.6 Å². The molecule has 1 aromatic carbocycles. The first-order valence-electron chi connectivity index (χ1n) is 10.3. The fourth-order valence-electron chi connectivity index (χ4n) is 3.74. The zero-order valence-electron chi connectivity index (χ0n) is 18.2. The average molecular weight is 425 g/mol. The van der Waals surface area contributed by atoms with Gasteiger partial charge in [-0.15, -0.1) is 0 Å². The number of hydrogen-bond donors (Lipinski definition) is 2. The number of hydrogen-bond acceptors (Lipinski definition) is 8. The largest absolute Gasteiger partial charge is 0.494 e. The van der Waals surface area contributed by atoms with Crippen LogP contribution in [0, 0.1) is 0 Å². The van der Waals surface area contributed by atoms with Gasteiger partial charge in [0.25, 0.3) is 5.91 Å². The van der Waals surface area contributed by atoms with Gasteiger partial charge in [-0.05, 0) is 26.5 Å². The highest BCUT2D eigenvalue weighted by molar-refractivity contribution is 6.06. The molecule has 0 aliphatic carbocycles. The second-order valence-corrected chi connectivity index (χ2v) is 7.42. The van der Waals surface area contributed by atoms with Crippen LogP contribution in [0.4, 0.5) is 11.6 Å². The minimum Gasteiger partial charge on any atom is -0.494 e. The molecule has 0 bridgehead atoms. The normalized spacial score (nSPS) is 16.0. The number of nitrogens with zero attached hydrogens (tertiary/aromatic N) is 5. The Bertz CT molecular complexity index is 1100. The number of methoxy groups -OCH3 is 1. The standard InChI is InChI=1S/C21H27N7O3/c1-5-31-20-16(10-23-21(25-20)28-7-6-14(12-28)22-2)19(29)24-15-8-13-11-27(3)26-18(13)17(9-15)30-4/h8-11,14,22H,5-7,12H2,1-4H3,(H,24,29). The van der Waals surface area contributed by atoms with E-state index in [0.717, 1.165) is 30.4 Å². The summed E-state index contributed by atoms with van der Waals surface area (Å²) in [5.41, 5.74) is 1.60. The second-order valence-electron chi connectivity index (χ2n) is 7.42. The SMILES string of the molecule is CCOc1nc(N2CCC(NC)C2)ncc1C(=O)Nc1cc(OC)c2nn(C)cc2c1. The topological polar surface area (TPSA) is 106 Å². The number of rotatable bonds is 7. The molecular formula is C21H27N7O3. The van der Waals surface area contributed by atoms with E-state index in [1.165, 1.54) is 6.20 Å². The lowest BCUT2D eigenvalue weighted by molar-refractivity contribution is 0.102. The number of anilines is 2. The third kappa shape index (κ3) is 4.24. The molecule has 10 nitrogen and oxygen atoms in total. The van der Waals surface area contributed by atoms with Crippen molar-refractivity contribution in [2.24, 2.45) is 7.05 Å². The summed E-state index contributed by atoms with van der Waals surface area (Å²) in [4.78, 5) is 24.1. The van der Waals surface area contributed by atoms with E-state index in [1.54, 1.807) is 17.9 Å². The van der Waals surface area contributed by atoms with Crippen molar-refractivity contribution in [2.75, 3.05) is 44.1 Å². The number of carbonyl (C=O) groups excluding carboxylic acids is 1. The van der Waals surface area contributed by atoms with Gasteiger partial charge in [-0.3, -0.25) is 9.48 Å². The molecule has 1 aliphatic heterocycles. The molecule has 0 spiro atoms. The van der Waals surface area contributed by atoms with Gasteiger partial charge >= 0.3 is 0 Å². The van der Waals surface area contributed by atoms with E-state index in [4.69, 9.17) is 9.47 Å². The Kier molecular flexibility index (Phi) is 5.90. The molecule has 3 aromatic rings. The molecule has 1 saturated heterocycles. The van der Waals surface area contributed by atoms with Gasteiger partial charge in [0.1, 0.15) is 16.8 Å². The average Bonchev–Trinajstić information content (AvgIpc) is 3.39. The number of ether oxygens (including phenoxy) is 2. The number of aromatic nitrogens is 4. The number of fused-ring (bicyclic) bond motifs is 1. The Morgan fingerprint density at radius 2 is 2.19 bits per heavy atom. The molecule has 164 valence electrons. The summed E-state index contributed by atoms with van der Waals surface area (Å²) in [6.45, 7) is 3.93. The fourth-order valence-corrected chi connectivity index (χ4v) is 3.74. The first kappa shape index (κ1) is 20.9. The van der Waals surface area contributed by atoms with Crippen LogP contribution < -0.4 is 25.0 Å². The van der Waals surface area contributed by atoms with Crippen LogP contribution in [-0.2, 0) is 7.05 Å². The third-order valence-corrected chi connectivity index (χ3v) is 5.31. The van der Waals surface area contributed by atoms with Crippen molar-refractivity contribution in [3.05, 3.63) is 30.1 Å². The predicted molar refractivity (Wildman–Crippen MR) is 118 cm³/mol. The van der Waals surface area contributed by atoms with Crippen molar-refractivity contribution in [2.45, 2.75) is 19.4 Å². The van der Waals surface area contributed by atoms with Crippen molar-refractivity contribution < 1.29 is 14.3 Å². The molecule has 2 aromatic heterocycles. The molecule has 4 rings (SSSR count). The van der Waals surface area contributed by atoms with Crippen LogP contribution in [0.2, 0.25) is 0 Å². The van der Waals surface area contributed by atoms with Crippen LogP contribution in [-0.4, -0.2) is 65.6 Å². The molecular weight excluding hydrogens is 398 g/mol. The Morgan fingerprint density at radius 1 is 1.35 bits per heavy atom. The maximum Gasteiger partial charge on any atom is 0.262 e. The van der Waals surface area contributed by atoms with Crippen LogP contribution >= 0.6 is 0 Å². The summed E-state index contributed by atoms with van der Waals surface area (Å²) < 4.78 is 12.8. The van der Waals surface area contributed by atoms with Gasteiger partial charge in [0.2, 0.25) is 11.8 Å².